The number of carbonyl (C=O) groups excluding carboxylic acids is 1. The normalized spacial score (nSPS) is 13.6. The maximum atomic E-state index is 12.6. The largest absolute Gasteiger partial charge is 0.446 e. The Kier molecular flexibility index (Phi) is 6.67. The lowest BCUT2D eigenvalue weighted by Gasteiger charge is -2.23. The van der Waals surface area contributed by atoms with E-state index in [9.17, 15) is 23.2 Å². The minimum atomic E-state index is -4.42. The van der Waals surface area contributed by atoms with Gasteiger partial charge in [-0.15, -0.1) is 0 Å². The number of rotatable bonds is 5. The van der Waals surface area contributed by atoms with E-state index in [1.54, 1.807) is 6.20 Å². The molecule has 1 aromatic heterocycles. The third kappa shape index (κ3) is 5.57. The fourth-order valence-corrected chi connectivity index (χ4v) is 4.00. The molecule has 3 aromatic rings. The van der Waals surface area contributed by atoms with Crippen molar-refractivity contribution >= 4 is 63.4 Å². The molecule has 162 valence electrons. The van der Waals surface area contributed by atoms with Gasteiger partial charge in [0.05, 0.1) is 27.7 Å². The van der Waals surface area contributed by atoms with Crippen LogP contribution in [0.1, 0.15) is 17.3 Å². The number of carbonyl (C=O) groups is 1. The van der Waals surface area contributed by atoms with E-state index in [0.717, 1.165) is 0 Å². The molecule has 12 heteroatoms. The molecule has 0 radical (unpaired) electrons. The molecule has 1 heterocycles. The van der Waals surface area contributed by atoms with E-state index in [4.69, 9.17) is 34.8 Å². The average Bonchev–Trinajstić information content (AvgIpc) is 3.09. The van der Waals surface area contributed by atoms with Gasteiger partial charge in [0.15, 0.2) is 0 Å². The summed E-state index contributed by atoms with van der Waals surface area (Å²) < 4.78 is 38.7. The van der Waals surface area contributed by atoms with Crippen LogP contribution in [0.15, 0.2) is 41.4 Å². The van der Waals surface area contributed by atoms with Crippen molar-refractivity contribution in [1.82, 2.24) is 15.1 Å². The van der Waals surface area contributed by atoms with Crippen LogP contribution in [-0.4, -0.2) is 26.7 Å². The highest BCUT2D eigenvalue weighted by atomic mass is 35.5. The molecule has 5 nitrogen and oxygen atoms in total. The maximum Gasteiger partial charge on any atom is 0.446 e. The average molecular weight is 508 g/mol. The zero-order valence-electron chi connectivity index (χ0n) is 15.6. The molecular weight excluding hydrogens is 496 g/mol. The highest BCUT2D eigenvalue weighted by molar-refractivity contribution is 8.00. The number of aromatic nitrogens is 2. The van der Waals surface area contributed by atoms with Crippen LogP contribution in [0.4, 0.5) is 13.2 Å². The third-order valence-electron chi connectivity index (χ3n) is 4.15. The molecule has 31 heavy (non-hydrogen) atoms. The van der Waals surface area contributed by atoms with Crippen molar-refractivity contribution in [3.05, 3.63) is 57.2 Å². The second kappa shape index (κ2) is 8.79. The van der Waals surface area contributed by atoms with E-state index in [1.165, 1.54) is 41.9 Å². The summed E-state index contributed by atoms with van der Waals surface area (Å²) in [6.07, 6.45) is 1.57. The van der Waals surface area contributed by atoms with Crippen LogP contribution in [0, 0.1) is 11.3 Å². The smallest absolute Gasteiger partial charge is 0.332 e. The van der Waals surface area contributed by atoms with Gasteiger partial charge in [-0.25, -0.2) is 0 Å². The maximum absolute atomic E-state index is 12.6. The summed E-state index contributed by atoms with van der Waals surface area (Å²) in [6, 6.07) is 8.38. The van der Waals surface area contributed by atoms with Gasteiger partial charge >= 0.3 is 5.51 Å². The molecule has 0 saturated heterocycles. The van der Waals surface area contributed by atoms with Gasteiger partial charge in [0.25, 0.3) is 5.91 Å². The first kappa shape index (κ1) is 23.5. The molecule has 3 rings (SSSR count). The van der Waals surface area contributed by atoms with Crippen LogP contribution in [0.25, 0.3) is 10.9 Å². The van der Waals surface area contributed by atoms with Crippen molar-refractivity contribution in [3.63, 3.8) is 0 Å². The Morgan fingerprint density at radius 2 is 1.87 bits per heavy atom. The fourth-order valence-electron chi connectivity index (χ4n) is 2.76. The number of benzene rings is 2. The number of thioether (sulfide) groups is 1. The van der Waals surface area contributed by atoms with Gasteiger partial charge in [-0.3, -0.25) is 9.48 Å². The van der Waals surface area contributed by atoms with Gasteiger partial charge in [0, 0.05) is 22.0 Å². The van der Waals surface area contributed by atoms with Gasteiger partial charge in [-0.05, 0) is 49.0 Å². The van der Waals surface area contributed by atoms with E-state index < -0.39 is 17.0 Å². The highest BCUT2D eigenvalue weighted by Crippen LogP contribution is 2.37. The lowest BCUT2D eigenvalue weighted by atomic mass is 10.0. The standard InChI is InChI=1S/C19H12Cl3F3N4OS/c1-18(8-26,9-29-7-12-13(20)6-14(21)15(22)16(12)28-29)27-17(30)10-2-4-11(5-3-10)31-19(23,24)25/h2-7H,9H2,1H3,(H,27,30). The quantitative estimate of drug-likeness (QED) is 0.324. The molecule has 0 spiro atoms. The minimum absolute atomic E-state index is 0.0454. The second-order valence-corrected chi connectivity index (χ2v) is 9.04. The monoisotopic (exact) mass is 506 g/mol. The zero-order valence-corrected chi connectivity index (χ0v) is 18.7. The summed E-state index contributed by atoms with van der Waals surface area (Å²) >= 11 is 18.1. The molecule has 1 amide bonds. The molecule has 0 bridgehead atoms. The first-order chi connectivity index (χ1) is 14.4. The molecule has 0 saturated carbocycles. The van der Waals surface area contributed by atoms with E-state index in [0.29, 0.717) is 15.9 Å². The lowest BCUT2D eigenvalue weighted by molar-refractivity contribution is -0.0328. The molecule has 0 fully saturated rings. The molecule has 1 unspecified atom stereocenters. The highest BCUT2D eigenvalue weighted by Gasteiger charge is 2.30. The van der Waals surface area contributed by atoms with Crippen molar-refractivity contribution in [3.8, 4) is 6.07 Å². The van der Waals surface area contributed by atoms with Gasteiger partial charge in [0.1, 0.15) is 11.1 Å². The molecular formula is C19H12Cl3F3N4OS. The van der Waals surface area contributed by atoms with Crippen molar-refractivity contribution in [1.29, 1.82) is 5.26 Å². The van der Waals surface area contributed by atoms with Gasteiger partial charge in [0.2, 0.25) is 0 Å². The Bertz CT molecular complexity index is 1190. The summed E-state index contributed by atoms with van der Waals surface area (Å²) in [6.45, 7) is 1.44. The van der Waals surface area contributed by atoms with Gasteiger partial charge in [-0.2, -0.15) is 23.5 Å². The van der Waals surface area contributed by atoms with E-state index >= 15 is 0 Å². The molecule has 1 atom stereocenters. The van der Waals surface area contributed by atoms with Crippen molar-refractivity contribution < 1.29 is 18.0 Å². The van der Waals surface area contributed by atoms with Crippen LogP contribution < -0.4 is 5.32 Å². The minimum Gasteiger partial charge on any atom is -0.332 e. The van der Waals surface area contributed by atoms with Crippen LogP contribution in [0.3, 0.4) is 0 Å². The second-order valence-electron chi connectivity index (χ2n) is 6.71. The fraction of sp³-hybridized carbons (Fsp3) is 0.211. The Balaban J connectivity index is 1.79. The van der Waals surface area contributed by atoms with E-state index in [-0.39, 0.29) is 38.8 Å². The predicted molar refractivity (Wildman–Crippen MR) is 115 cm³/mol. The molecule has 0 aliphatic rings. The SMILES string of the molecule is CC(C#N)(Cn1cc2c(Cl)cc(Cl)c(Cl)c2n1)NC(=O)c1ccc(SC(F)(F)F)cc1. The van der Waals surface area contributed by atoms with Crippen LogP contribution >= 0.6 is 46.6 Å². The summed E-state index contributed by atoms with van der Waals surface area (Å²) in [4.78, 5) is 12.5. The number of hydrogen-bond donors (Lipinski definition) is 1. The molecule has 0 aliphatic carbocycles. The number of fused-ring (bicyclic) bond motifs is 1. The Morgan fingerprint density at radius 3 is 2.45 bits per heavy atom. The summed E-state index contributed by atoms with van der Waals surface area (Å²) in [5.74, 6) is -0.622. The number of nitriles is 1. The number of hydrogen-bond acceptors (Lipinski definition) is 4. The third-order valence-corrected chi connectivity index (χ3v) is 5.98. The Hall–Kier alpha value is -2.12. The zero-order chi connectivity index (χ0) is 23.0. The van der Waals surface area contributed by atoms with E-state index in [1.807, 2.05) is 6.07 Å². The van der Waals surface area contributed by atoms with E-state index in [2.05, 4.69) is 10.4 Å². The van der Waals surface area contributed by atoms with Crippen molar-refractivity contribution in [2.24, 2.45) is 0 Å². The first-order valence-corrected chi connectivity index (χ1v) is 10.5. The number of nitrogens with one attached hydrogen (secondary N) is 1. The number of nitrogens with zero attached hydrogens (tertiary/aromatic N) is 3. The topological polar surface area (TPSA) is 70.7 Å². The predicted octanol–water partition coefficient (Wildman–Crippen LogP) is 6.32. The van der Waals surface area contributed by atoms with Crippen molar-refractivity contribution in [2.75, 3.05) is 0 Å². The Morgan fingerprint density at radius 1 is 1.23 bits per heavy atom. The number of halogens is 6. The number of amides is 1. The van der Waals surface area contributed by atoms with Crippen molar-refractivity contribution in [2.45, 2.75) is 29.4 Å². The van der Waals surface area contributed by atoms with Crippen LogP contribution in [0.5, 0.6) is 0 Å². The summed E-state index contributed by atoms with van der Waals surface area (Å²) in [7, 11) is 0. The van der Waals surface area contributed by atoms with Crippen LogP contribution in [-0.2, 0) is 6.54 Å². The van der Waals surface area contributed by atoms with Crippen LogP contribution in [0.2, 0.25) is 15.1 Å². The lowest BCUT2D eigenvalue weighted by Crippen LogP contribution is -2.48. The number of alkyl halides is 3. The molecule has 2 aromatic carbocycles. The van der Waals surface area contributed by atoms with Gasteiger partial charge < -0.3 is 5.32 Å². The summed E-state index contributed by atoms with van der Waals surface area (Å²) in [5.41, 5.74) is -5.35. The van der Waals surface area contributed by atoms with Gasteiger partial charge in [-0.1, -0.05) is 34.8 Å². The Labute approximate surface area is 194 Å². The molecule has 0 aliphatic heterocycles. The summed E-state index contributed by atoms with van der Waals surface area (Å²) in [5, 5.41) is 17.8. The first-order valence-electron chi connectivity index (χ1n) is 8.51. The molecule has 1 N–H and O–H groups in total.